The summed E-state index contributed by atoms with van der Waals surface area (Å²) in [6, 6.07) is 8.87. The maximum absolute atomic E-state index is 12.8. The fourth-order valence-corrected chi connectivity index (χ4v) is 3.52. The monoisotopic (exact) mass is 409 g/mol. The molecule has 144 valence electrons. The number of nitrogen functional groups attached to an aromatic ring is 1. The summed E-state index contributed by atoms with van der Waals surface area (Å²) in [6.45, 7) is 2.55. The molecule has 0 unspecified atom stereocenters. The number of piperazine rings is 1. The molecule has 0 bridgehead atoms. The molecule has 8 heteroatoms. The molecule has 2 aromatic carbocycles. The minimum absolute atomic E-state index is 0.110. The highest BCUT2D eigenvalue weighted by Crippen LogP contribution is 2.31. The third kappa shape index (κ3) is 4.17. The van der Waals surface area contributed by atoms with Crippen molar-refractivity contribution in [1.82, 2.24) is 4.90 Å². The van der Waals surface area contributed by atoms with E-state index in [9.17, 15) is 4.79 Å². The van der Waals surface area contributed by atoms with E-state index >= 15 is 0 Å². The summed E-state index contributed by atoms with van der Waals surface area (Å²) in [4.78, 5) is 16.7. The highest BCUT2D eigenvalue weighted by Gasteiger charge is 2.24. The van der Waals surface area contributed by atoms with Gasteiger partial charge in [-0.3, -0.25) is 4.79 Å². The van der Waals surface area contributed by atoms with E-state index in [1.54, 1.807) is 31.3 Å². The van der Waals surface area contributed by atoms with Gasteiger partial charge in [-0.05, 0) is 12.1 Å². The van der Waals surface area contributed by atoms with Gasteiger partial charge in [0, 0.05) is 55.6 Å². The summed E-state index contributed by atoms with van der Waals surface area (Å²) < 4.78 is 10.7. The number of halogens is 2. The molecule has 27 heavy (non-hydrogen) atoms. The van der Waals surface area contributed by atoms with Crippen molar-refractivity contribution in [2.24, 2.45) is 0 Å². The van der Waals surface area contributed by atoms with E-state index in [2.05, 4.69) is 4.90 Å². The van der Waals surface area contributed by atoms with Crippen LogP contribution in [0.25, 0.3) is 0 Å². The Labute approximate surface area is 168 Å². The van der Waals surface area contributed by atoms with Gasteiger partial charge < -0.3 is 25.0 Å². The molecule has 1 aliphatic rings. The Morgan fingerprint density at radius 3 is 1.93 bits per heavy atom. The second-order valence-electron chi connectivity index (χ2n) is 6.20. The Balaban J connectivity index is 1.71. The lowest BCUT2D eigenvalue weighted by atomic mass is 10.1. The molecule has 6 nitrogen and oxygen atoms in total. The summed E-state index contributed by atoms with van der Waals surface area (Å²) in [5.41, 5.74) is 7.46. The van der Waals surface area contributed by atoms with Crippen molar-refractivity contribution in [1.29, 1.82) is 0 Å². The molecule has 0 spiro atoms. The smallest absolute Gasteiger partial charge is 0.254 e. The summed E-state index contributed by atoms with van der Waals surface area (Å²) in [5.74, 6) is 1.35. The fraction of sp³-hybridized carbons (Fsp3) is 0.316. The molecule has 2 aromatic rings. The number of carbonyl (C=O) groups excluding carboxylic acids is 1. The van der Waals surface area contributed by atoms with E-state index in [0.29, 0.717) is 31.7 Å². The molecule has 0 atom stereocenters. The predicted octanol–water partition coefficient (Wildman–Crippen LogP) is 3.56. The van der Waals surface area contributed by atoms with Gasteiger partial charge in [-0.2, -0.15) is 0 Å². The molecular formula is C19H21Cl2N3O3. The van der Waals surface area contributed by atoms with Crippen LogP contribution in [0.15, 0.2) is 30.3 Å². The van der Waals surface area contributed by atoms with Gasteiger partial charge in [-0.25, -0.2) is 0 Å². The predicted molar refractivity (Wildman–Crippen MR) is 109 cm³/mol. The summed E-state index contributed by atoms with van der Waals surface area (Å²) in [6.07, 6.45) is 0. The molecule has 1 heterocycles. The first-order valence-electron chi connectivity index (χ1n) is 8.44. The van der Waals surface area contributed by atoms with Crippen LogP contribution in [0.1, 0.15) is 10.4 Å². The molecular weight excluding hydrogens is 389 g/mol. The van der Waals surface area contributed by atoms with Gasteiger partial charge in [0.25, 0.3) is 5.91 Å². The maximum Gasteiger partial charge on any atom is 0.254 e. The van der Waals surface area contributed by atoms with Crippen molar-refractivity contribution in [3.05, 3.63) is 45.9 Å². The highest BCUT2D eigenvalue weighted by atomic mass is 35.5. The Hall–Kier alpha value is -2.31. The Kier molecular flexibility index (Phi) is 5.87. The average Bonchev–Trinajstić information content (AvgIpc) is 2.70. The lowest BCUT2D eigenvalue weighted by molar-refractivity contribution is 0.0747. The fourth-order valence-electron chi connectivity index (χ4n) is 3.03. The largest absolute Gasteiger partial charge is 0.497 e. The van der Waals surface area contributed by atoms with Gasteiger partial charge in [-0.1, -0.05) is 23.2 Å². The number of hydrogen-bond acceptors (Lipinski definition) is 5. The Morgan fingerprint density at radius 1 is 0.926 bits per heavy atom. The van der Waals surface area contributed by atoms with E-state index in [0.717, 1.165) is 17.2 Å². The lowest BCUT2D eigenvalue weighted by Gasteiger charge is -2.36. The molecule has 0 aliphatic carbocycles. The molecule has 3 rings (SSSR count). The highest BCUT2D eigenvalue weighted by molar-refractivity contribution is 6.39. The first kappa shape index (κ1) is 19.5. The molecule has 1 aliphatic heterocycles. The first-order chi connectivity index (χ1) is 12.9. The van der Waals surface area contributed by atoms with Crippen LogP contribution >= 0.6 is 23.2 Å². The zero-order valence-corrected chi connectivity index (χ0v) is 16.7. The summed E-state index contributed by atoms with van der Waals surface area (Å²) in [7, 11) is 3.25. The van der Waals surface area contributed by atoms with E-state index in [-0.39, 0.29) is 21.6 Å². The quantitative estimate of drug-likeness (QED) is 0.781. The number of ether oxygens (including phenoxy) is 2. The van der Waals surface area contributed by atoms with E-state index < -0.39 is 0 Å². The first-order valence-corrected chi connectivity index (χ1v) is 9.20. The van der Waals surface area contributed by atoms with Crippen molar-refractivity contribution in [3.8, 4) is 11.5 Å². The van der Waals surface area contributed by atoms with Gasteiger partial charge in [0.2, 0.25) is 0 Å². The van der Waals surface area contributed by atoms with Crippen LogP contribution in [0.3, 0.4) is 0 Å². The van der Waals surface area contributed by atoms with Crippen LogP contribution < -0.4 is 20.1 Å². The second-order valence-corrected chi connectivity index (χ2v) is 7.02. The van der Waals surface area contributed by atoms with Crippen LogP contribution in [0, 0.1) is 0 Å². The molecule has 0 aromatic heterocycles. The second kappa shape index (κ2) is 8.15. The van der Waals surface area contributed by atoms with Gasteiger partial charge in [0.1, 0.15) is 11.5 Å². The van der Waals surface area contributed by atoms with Crippen molar-refractivity contribution >= 4 is 40.5 Å². The SMILES string of the molecule is COc1cc(OC)cc(N2CCN(C(=O)c3cc(Cl)c(N)c(Cl)c3)CC2)c1. The van der Waals surface area contributed by atoms with Gasteiger partial charge >= 0.3 is 0 Å². The minimum atomic E-state index is -0.110. The van der Waals surface area contributed by atoms with Crippen LogP contribution in [0.2, 0.25) is 10.0 Å². The van der Waals surface area contributed by atoms with E-state index in [1.165, 1.54) is 0 Å². The van der Waals surface area contributed by atoms with Gasteiger partial charge in [0.15, 0.2) is 0 Å². The van der Waals surface area contributed by atoms with E-state index in [4.69, 9.17) is 38.4 Å². The van der Waals surface area contributed by atoms with Gasteiger partial charge in [-0.15, -0.1) is 0 Å². The topological polar surface area (TPSA) is 68.0 Å². The molecule has 0 saturated carbocycles. The average molecular weight is 410 g/mol. The van der Waals surface area contributed by atoms with Crippen LogP contribution in [-0.4, -0.2) is 51.2 Å². The zero-order valence-electron chi connectivity index (χ0n) is 15.2. The van der Waals surface area contributed by atoms with Crippen molar-refractivity contribution in [2.45, 2.75) is 0 Å². The van der Waals surface area contributed by atoms with Crippen molar-refractivity contribution < 1.29 is 14.3 Å². The molecule has 0 radical (unpaired) electrons. The molecule has 1 amide bonds. The molecule has 2 N–H and O–H groups in total. The number of hydrogen-bond donors (Lipinski definition) is 1. The number of benzene rings is 2. The minimum Gasteiger partial charge on any atom is -0.497 e. The number of nitrogens with two attached hydrogens (primary N) is 1. The third-order valence-electron chi connectivity index (χ3n) is 4.59. The van der Waals surface area contributed by atoms with E-state index in [1.807, 2.05) is 18.2 Å². The number of anilines is 2. The standard InChI is InChI=1S/C19H21Cl2N3O3/c1-26-14-9-13(10-15(11-14)27-2)23-3-5-24(6-4-23)19(25)12-7-16(20)18(22)17(21)8-12/h7-11H,3-6,22H2,1-2H3. The lowest BCUT2D eigenvalue weighted by Crippen LogP contribution is -2.48. The number of carbonyl (C=O) groups is 1. The number of nitrogens with zero attached hydrogens (tertiary/aromatic N) is 2. The van der Waals surface area contributed by atoms with Gasteiger partial charge in [0.05, 0.1) is 30.0 Å². The van der Waals surface area contributed by atoms with Crippen LogP contribution in [-0.2, 0) is 0 Å². The number of rotatable bonds is 4. The Bertz CT molecular complexity index is 807. The number of methoxy groups -OCH3 is 2. The number of amides is 1. The Morgan fingerprint density at radius 2 is 1.44 bits per heavy atom. The third-order valence-corrected chi connectivity index (χ3v) is 5.22. The summed E-state index contributed by atoms with van der Waals surface area (Å²) in [5, 5.41) is 0.570. The normalized spacial score (nSPS) is 14.2. The summed E-state index contributed by atoms with van der Waals surface area (Å²) >= 11 is 12.1. The molecule has 1 fully saturated rings. The van der Waals surface area contributed by atoms with Crippen LogP contribution in [0.4, 0.5) is 11.4 Å². The molecule has 1 saturated heterocycles. The van der Waals surface area contributed by atoms with Crippen molar-refractivity contribution in [3.63, 3.8) is 0 Å². The zero-order chi connectivity index (χ0) is 19.6. The van der Waals surface area contributed by atoms with Crippen LogP contribution in [0.5, 0.6) is 11.5 Å². The maximum atomic E-state index is 12.8. The van der Waals surface area contributed by atoms with Crippen molar-refractivity contribution in [2.75, 3.05) is 51.0 Å².